The van der Waals surface area contributed by atoms with Crippen LogP contribution in [0.3, 0.4) is 0 Å². The van der Waals surface area contributed by atoms with E-state index >= 15 is 0 Å². The molecule has 1 aromatic carbocycles. The van der Waals surface area contributed by atoms with Crippen molar-refractivity contribution in [1.29, 1.82) is 0 Å². The predicted octanol–water partition coefficient (Wildman–Crippen LogP) is 3.57. The topological polar surface area (TPSA) is 49.4 Å². The van der Waals surface area contributed by atoms with E-state index in [1.165, 1.54) is 18.2 Å². The lowest BCUT2D eigenvalue weighted by Gasteiger charge is -2.36. The zero-order chi connectivity index (χ0) is 15.6. The molecule has 0 aliphatic heterocycles. The van der Waals surface area contributed by atoms with Crippen LogP contribution in [0, 0.1) is 0 Å². The summed E-state index contributed by atoms with van der Waals surface area (Å²) in [7, 11) is 0.380. The summed E-state index contributed by atoms with van der Waals surface area (Å²) in [5.41, 5.74) is 0. The number of hydrogen-bond donors (Lipinski definition) is 1. The molecule has 1 aliphatic carbocycles. The third kappa shape index (κ3) is 4.73. The maximum atomic E-state index is 12.5. The lowest BCUT2D eigenvalue weighted by atomic mass is 9.90. The van der Waals surface area contributed by atoms with E-state index in [4.69, 9.17) is 23.2 Å². The summed E-state index contributed by atoms with van der Waals surface area (Å²) >= 11 is 11.7. The van der Waals surface area contributed by atoms with E-state index in [0.29, 0.717) is 5.02 Å². The van der Waals surface area contributed by atoms with Crippen LogP contribution < -0.4 is 4.72 Å². The van der Waals surface area contributed by atoms with Gasteiger partial charge in [0.2, 0.25) is 10.0 Å². The number of nitrogens with zero attached hydrogens (tertiary/aromatic N) is 1. The molecule has 1 N–H and O–H groups in total. The van der Waals surface area contributed by atoms with Gasteiger partial charge in [-0.2, -0.15) is 0 Å². The van der Waals surface area contributed by atoms with Gasteiger partial charge in [-0.05, 0) is 45.1 Å². The van der Waals surface area contributed by atoms with Crippen molar-refractivity contribution in [2.45, 2.75) is 42.7 Å². The number of halogens is 3. The molecule has 2 atom stereocenters. The smallest absolute Gasteiger partial charge is 0.240 e. The molecule has 0 aromatic heterocycles. The average Bonchev–Trinajstić information content (AvgIpc) is 2.41. The van der Waals surface area contributed by atoms with Gasteiger partial charge in [-0.15, -0.1) is 12.4 Å². The Labute approximate surface area is 148 Å². The van der Waals surface area contributed by atoms with Crippen molar-refractivity contribution in [3.05, 3.63) is 28.2 Å². The lowest BCUT2D eigenvalue weighted by Crippen LogP contribution is -2.50. The van der Waals surface area contributed by atoms with Gasteiger partial charge in [-0.25, -0.2) is 13.1 Å². The van der Waals surface area contributed by atoms with Crippen LogP contribution in [-0.4, -0.2) is 39.5 Å². The SMILES string of the molecule is CN(C)[C@@H]1CCCC[C@H]1NS(=O)(=O)c1ccc(Cl)c(Cl)c1.Cl. The molecule has 22 heavy (non-hydrogen) atoms. The van der Waals surface area contributed by atoms with Crippen molar-refractivity contribution >= 4 is 45.6 Å². The minimum atomic E-state index is -3.59. The van der Waals surface area contributed by atoms with Crippen LogP contribution in [0.5, 0.6) is 0 Å². The minimum Gasteiger partial charge on any atom is -0.305 e. The van der Waals surface area contributed by atoms with Crippen LogP contribution in [0.2, 0.25) is 10.0 Å². The zero-order valence-electron chi connectivity index (χ0n) is 12.6. The predicted molar refractivity (Wildman–Crippen MR) is 93.8 cm³/mol. The van der Waals surface area contributed by atoms with E-state index in [1.807, 2.05) is 14.1 Å². The van der Waals surface area contributed by atoms with Crippen molar-refractivity contribution in [3.8, 4) is 0 Å². The van der Waals surface area contributed by atoms with E-state index < -0.39 is 10.0 Å². The van der Waals surface area contributed by atoms with Gasteiger partial charge in [-0.1, -0.05) is 36.0 Å². The minimum absolute atomic E-state index is 0. The molecule has 0 bridgehead atoms. The largest absolute Gasteiger partial charge is 0.305 e. The second kappa shape index (κ2) is 8.18. The summed E-state index contributed by atoms with van der Waals surface area (Å²) in [5, 5.41) is 0.590. The molecule has 126 valence electrons. The van der Waals surface area contributed by atoms with E-state index in [9.17, 15) is 8.42 Å². The molecule has 0 unspecified atom stereocenters. The normalized spacial score (nSPS) is 22.4. The van der Waals surface area contributed by atoms with Gasteiger partial charge in [0.25, 0.3) is 0 Å². The summed E-state index contributed by atoms with van der Waals surface area (Å²) in [6.45, 7) is 0. The van der Waals surface area contributed by atoms with Gasteiger partial charge in [-0.3, -0.25) is 0 Å². The van der Waals surface area contributed by atoms with Gasteiger partial charge in [0.05, 0.1) is 14.9 Å². The Balaban J connectivity index is 0.00000242. The summed E-state index contributed by atoms with van der Waals surface area (Å²) in [6, 6.07) is 4.51. The Kier molecular flexibility index (Phi) is 7.43. The molecule has 0 heterocycles. The highest BCUT2D eigenvalue weighted by Crippen LogP contribution is 2.27. The lowest BCUT2D eigenvalue weighted by molar-refractivity contribution is 0.191. The van der Waals surface area contributed by atoms with E-state index in [0.717, 1.165) is 25.7 Å². The number of nitrogens with one attached hydrogen (secondary N) is 1. The highest BCUT2D eigenvalue weighted by atomic mass is 35.5. The Morgan fingerprint density at radius 1 is 1.14 bits per heavy atom. The first kappa shape index (κ1) is 20.0. The third-order valence-electron chi connectivity index (χ3n) is 3.90. The molecule has 1 saturated carbocycles. The van der Waals surface area contributed by atoms with E-state index in [2.05, 4.69) is 9.62 Å². The molecule has 4 nitrogen and oxygen atoms in total. The van der Waals surface area contributed by atoms with Crippen LogP contribution in [0.25, 0.3) is 0 Å². The quantitative estimate of drug-likeness (QED) is 0.859. The van der Waals surface area contributed by atoms with Gasteiger partial charge < -0.3 is 4.90 Å². The fraction of sp³-hybridized carbons (Fsp3) is 0.571. The number of sulfonamides is 1. The summed E-state index contributed by atoms with van der Waals surface area (Å²) in [6.07, 6.45) is 4.03. The maximum absolute atomic E-state index is 12.5. The molecule has 1 aliphatic rings. The fourth-order valence-corrected chi connectivity index (χ4v) is 4.47. The first-order chi connectivity index (χ1) is 9.81. The van der Waals surface area contributed by atoms with Gasteiger partial charge in [0, 0.05) is 12.1 Å². The maximum Gasteiger partial charge on any atom is 0.240 e. The van der Waals surface area contributed by atoms with E-state index in [1.54, 1.807) is 0 Å². The molecule has 0 saturated heterocycles. The average molecular weight is 388 g/mol. The highest BCUT2D eigenvalue weighted by Gasteiger charge is 2.30. The van der Waals surface area contributed by atoms with Crippen LogP contribution in [0.1, 0.15) is 25.7 Å². The number of rotatable bonds is 4. The van der Waals surface area contributed by atoms with Crippen LogP contribution in [-0.2, 0) is 10.0 Å². The first-order valence-corrected chi connectivity index (χ1v) is 9.19. The molecule has 0 radical (unpaired) electrons. The Morgan fingerprint density at radius 2 is 1.77 bits per heavy atom. The molecular formula is C14H21Cl3N2O2S. The van der Waals surface area contributed by atoms with Gasteiger partial charge in [0.15, 0.2) is 0 Å². The Hall–Kier alpha value is -0.0400. The second-order valence-corrected chi connectivity index (χ2v) is 8.15. The van der Waals surface area contributed by atoms with Crippen molar-refractivity contribution in [2.24, 2.45) is 0 Å². The van der Waals surface area contributed by atoms with Crippen LogP contribution >= 0.6 is 35.6 Å². The number of benzene rings is 1. The Morgan fingerprint density at radius 3 is 2.36 bits per heavy atom. The molecular weight excluding hydrogens is 367 g/mol. The van der Waals surface area contributed by atoms with E-state index in [-0.39, 0.29) is 34.4 Å². The van der Waals surface area contributed by atoms with Crippen molar-refractivity contribution < 1.29 is 8.42 Å². The highest BCUT2D eigenvalue weighted by molar-refractivity contribution is 7.89. The van der Waals surface area contributed by atoms with Gasteiger partial charge in [0.1, 0.15) is 0 Å². The van der Waals surface area contributed by atoms with Gasteiger partial charge >= 0.3 is 0 Å². The summed E-state index contributed by atoms with van der Waals surface area (Å²) in [5.74, 6) is 0. The molecule has 1 aromatic rings. The number of hydrogen-bond acceptors (Lipinski definition) is 3. The Bertz CT molecular complexity index is 608. The molecule has 0 spiro atoms. The van der Waals surface area contributed by atoms with Crippen molar-refractivity contribution in [2.75, 3.05) is 14.1 Å². The standard InChI is InChI=1S/C14H20Cl2N2O2S.ClH/c1-18(2)14-6-4-3-5-13(14)17-21(19,20)10-7-8-11(15)12(16)9-10;/h7-9,13-14,17H,3-6H2,1-2H3;1H/t13-,14-;/m1./s1. The van der Waals surface area contributed by atoms with Crippen LogP contribution in [0.15, 0.2) is 23.1 Å². The molecule has 1 fully saturated rings. The monoisotopic (exact) mass is 386 g/mol. The molecule has 8 heteroatoms. The fourth-order valence-electron chi connectivity index (χ4n) is 2.78. The molecule has 2 rings (SSSR count). The second-order valence-electron chi connectivity index (χ2n) is 5.62. The van der Waals surface area contributed by atoms with Crippen LogP contribution in [0.4, 0.5) is 0 Å². The summed E-state index contributed by atoms with van der Waals surface area (Å²) in [4.78, 5) is 2.24. The third-order valence-corrected chi connectivity index (χ3v) is 6.13. The van der Waals surface area contributed by atoms with Crippen molar-refractivity contribution in [1.82, 2.24) is 9.62 Å². The zero-order valence-corrected chi connectivity index (χ0v) is 15.7. The first-order valence-electron chi connectivity index (χ1n) is 6.95. The summed E-state index contributed by atoms with van der Waals surface area (Å²) < 4.78 is 27.8. The van der Waals surface area contributed by atoms with Crippen molar-refractivity contribution in [3.63, 3.8) is 0 Å². The number of likely N-dealkylation sites (N-methyl/N-ethyl adjacent to an activating group) is 1. The molecule has 0 amide bonds.